The Kier molecular flexibility index (Phi) is 6.74. The first kappa shape index (κ1) is 18.1. The van der Waals surface area contributed by atoms with E-state index in [9.17, 15) is 9.59 Å². The Morgan fingerprint density at radius 3 is 2.70 bits per heavy atom. The molecule has 1 atom stereocenters. The van der Waals surface area contributed by atoms with Gasteiger partial charge in [-0.15, -0.1) is 11.8 Å². The summed E-state index contributed by atoms with van der Waals surface area (Å²) in [5.74, 6) is -0.219. The molecule has 2 N–H and O–H groups in total. The predicted molar refractivity (Wildman–Crippen MR) is 93.6 cm³/mol. The second-order valence-corrected chi connectivity index (χ2v) is 7.40. The number of rotatable bonds is 5. The smallest absolute Gasteiger partial charge is 0.235 e. The summed E-state index contributed by atoms with van der Waals surface area (Å²) in [5.41, 5.74) is 5.24. The van der Waals surface area contributed by atoms with Gasteiger partial charge in [-0.05, 0) is 25.5 Å². The molecule has 0 aromatic heterocycles. The molecular formula is C16H22ClN3O2S. The molecule has 1 aliphatic heterocycles. The SMILES string of the molecule is C[C@H](Sc1ccccc1Cl)C(=O)N1CCCN(CC(N)=O)CC1. The van der Waals surface area contributed by atoms with Crippen molar-refractivity contribution in [2.75, 3.05) is 32.7 Å². The van der Waals surface area contributed by atoms with E-state index in [1.165, 1.54) is 11.8 Å². The highest BCUT2D eigenvalue weighted by Gasteiger charge is 2.24. The molecule has 1 aromatic carbocycles. The number of hydrogen-bond acceptors (Lipinski definition) is 4. The topological polar surface area (TPSA) is 66.6 Å². The lowest BCUT2D eigenvalue weighted by Gasteiger charge is -2.24. The minimum absolute atomic E-state index is 0.107. The van der Waals surface area contributed by atoms with E-state index >= 15 is 0 Å². The summed E-state index contributed by atoms with van der Waals surface area (Å²) in [6.45, 7) is 4.96. The molecule has 23 heavy (non-hydrogen) atoms. The second kappa shape index (κ2) is 8.57. The van der Waals surface area contributed by atoms with Gasteiger partial charge in [0.1, 0.15) is 0 Å². The molecule has 0 saturated carbocycles. The van der Waals surface area contributed by atoms with Crippen molar-refractivity contribution in [3.8, 4) is 0 Å². The molecule has 1 aliphatic rings. The molecular weight excluding hydrogens is 334 g/mol. The zero-order chi connectivity index (χ0) is 16.8. The van der Waals surface area contributed by atoms with Gasteiger partial charge in [-0.3, -0.25) is 14.5 Å². The number of nitrogens with zero attached hydrogens (tertiary/aromatic N) is 2. The Balaban J connectivity index is 1.92. The van der Waals surface area contributed by atoms with Crippen LogP contribution in [0.3, 0.4) is 0 Å². The summed E-state index contributed by atoms with van der Waals surface area (Å²) in [6.07, 6.45) is 0.850. The molecule has 0 unspecified atom stereocenters. The van der Waals surface area contributed by atoms with Gasteiger partial charge in [0.15, 0.2) is 0 Å². The van der Waals surface area contributed by atoms with Gasteiger partial charge >= 0.3 is 0 Å². The summed E-state index contributed by atoms with van der Waals surface area (Å²) in [5, 5.41) is 0.471. The number of hydrogen-bond donors (Lipinski definition) is 1. The maximum atomic E-state index is 12.6. The van der Waals surface area contributed by atoms with Gasteiger partial charge in [-0.25, -0.2) is 0 Å². The van der Waals surface area contributed by atoms with E-state index in [2.05, 4.69) is 0 Å². The van der Waals surface area contributed by atoms with Gasteiger partial charge in [0.25, 0.3) is 0 Å². The minimum Gasteiger partial charge on any atom is -0.369 e. The average Bonchev–Trinajstić information content (AvgIpc) is 2.73. The van der Waals surface area contributed by atoms with Crippen LogP contribution in [0.25, 0.3) is 0 Å². The highest BCUT2D eigenvalue weighted by atomic mass is 35.5. The number of amides is 2. The Hall–Kier alpha value is -1.24. The normalized spacial score (nSPS) is 17.6. The maximum absolute atomic E-state index is 12.6. The van der Waals surface area contributed by atoms with Crippen molar-refractivity contribution < 1.29 is 9.59 Å². The minimum atomic E-state index is -0.326. The third-order valence-electron chi connectivity index (χ3n) is 3.77. The van der Waals surface area contributed by atoms with Crippen molar-refractivity contribution in [1.82, 2.24) is 9.80 Å². The molecule has 1 fully saturated rings. The second-order valence-electron chi connectivity index (χ2n) is 5.61. The number of carbonyl (C=O) groups excluding carboxylic acids is 2. The monoisotopic (exact) mass is 355 g/mol. The van der Waals surface area contributed by atoms with E-state index in [1.807, 2.05) is 41.0 Å². The zero-order valence-corrected chi connectivity index (χ0v) is 14.8. The van der Waals surface area contributed by atoms with Crippen LogP contribution in [0.1, 0.15) is 13.3 Å². The summed E-state index contributed by atoms with van der Waals surface area (Å²) in [7, 11) is 0. The van der Waals surface area contributed by atoms with E-state index in [1.54, 1.807) is 0 Å². The van der Waals surface area contributed by atoms with Crippen molar-refractivity contribution in [1.29, 1.82) is 0 Å². The molecule has 0 spiro atoms. The first-order chi connectivity index (χ1) is 11.0. The molecule has 0 radical (unpaired) electrons. The lowest BCUT2D eigenvalue weighted by atomic mass is 10.3. The van der Waals surface area contributed by atoms with Gasteiger partial charge < -0.3 is 10.6 Å². The Bertz CT molecular complexity index is 570. The summed E-state index contributed by atoms with van der Waals surface area (Å²) in [6, 6.07) is 7.54. The lowest BCUT2D eigenvalue weighted by molar-refractivity contribution is -0.130. The quantitative estimate of drug-likeness (QED) is 0.818. The highest BCUT2D eigenvalue weighted by molar-refractivity contribution is 8.00. The standard InChI is InChI=1S/C16H22ClN3O2S/c1-12(23-14-6-3-2-5-13(14)17)16(22)20-8-4-7-19(9-10-20)11-15(18)21/h2-3,5-6,12H,4,7-11H2,1H3,(H2,18,21)/t12-/m0/s1. The van der Waals surface area contributed by atoms with Crippen LogP contribution in [0.15, 0.2) is 29.2 Å². The van der Waals surface area contributed by atoms with Gasteiger partial charge in [0, 0.05) is 31.1 Å². The van der Waals surface area contributed by atoms with Crippen LogP contribution < -0.4 is 5.73 Å². The summed E-state index contributed by atoms with van der Waals surface area (Å²) >= 11 is 7.64. The number of benzene rings is 1. The fraction of sp³-hybridized carbons (Fsp3) is 0.500. The van der Waals surface area contributed by atoms with E-state index in [0.29, 0.717) is 24.7 Å². The van der Waals surface area contributed by atoms with Crippen molar-refractivity contribution in [3.05, 3.63) is 29.3 Å². The molecule has 5 nitrogen and oxygen atoms in total. The van der Waals surface area contributed by atoms with Crippen molar-refractivity contribution in [2.24, 2.45) is 5.73 Å². The lowest BCUT2D eigenvalue weighted by Crippen LogP contribution is -2.40. The molecule has 2 rings (SSSR count). The van der Waals surface area contributed by atoms with Crippen LogP contribution in [-0.2, 0) is 9.59 Å². The average molecular weight is 356 g/mol. The molecule has 7 heteroatoms. The fourth-order valence-electron chi connectivity index (χ4n) is 2.61. The summed E-state index contributed by atoms with van der Waals surface area (Å²) < 4.78 is 0. The van der Waals surface area contributed by atoms with Gasteiger partial charge in [-0.2, -0.15) is 0 Å². The molecule has 1 aromatic rings. The van der Waals surface area contributed by atoms with Gasteiger partial charge in [-0.1, -0.05) is 23.7 Å². The van der Waals surface area contributed by atoms with Crippen LogP contribution in [0.5, 0.6) is 0 Å². The van der Waals surface area contributed by atoms with Crippen molar-refractivity contribution in [3.63, 3.8) is 0 Å². The molecule has 0 bridgehead atoms. The number of halogens is 1. The van der Waals surface area contributed by atoms with Gasteiger partial charge in [0.2, 0.25) is 11.8 Å². The van der Waals surface area contributed by atoms with Crippen LogP contribution >= 0.6 is 23.4 Å². The molecule has 0 aliphatic carbocycles. The van der Waals surface area contributed by atoms with Crippen LogP contribution in [0, 0.1) is 0 Å². The molecule has 126 valence electrons. The van der Waals surface area contributed by atoms with Crippen LogP contribution in [-0.4, -0.2) is 59.6 Å². The Labute approximate surface area is 146 Å². The Morgan fingerprint density at radius 1 is 1.26 bits per heavy atom. The van der Waals surface area contributed by atoms with Crippen LogP contribution in [0.4, 0.5) is 0 Å². The molecule has 1 saturated heterocycles. The third-order valence-corrected chi connectivity index (χ3v) is 5.37. The van der Waals surface area contributed by atoms with E-state index < -0.39 is 0 Å². The first-order valence-electron chi connectivity index (χ1n) is 7.68. The third kappa shape index (κ3) is 5.41. The highest BCUT2D eigenvalue weighted by Crippen LogP contribution is 2.30. The first-order valence-corrected chi connectivity index (χ1v) is 8.94. The molecule has 2 amide bonds. The number of thioether (sulfide) groups is 1. The van der Waals surface area contributed by atoms with Gasteiger partial charge in [0.05, 0.1) is 16.8 Å². The Morgan fingerprint density at radius 2 is 2.00 bits per heavy atom. The van der Waals surface area contributed by atoms with E-state index in [4.69, 9.17) is 17.3 Å². The van der Waals surface area contributed by atoms with Crippen LogP contribution in [0.2, 0.25) is 5.02 Å². The molecule has 1 heterocycles. The zero-order valence-electron chi connectivity index (χ0n) is 13.2. The summed E-state index contributed by atoms with van der Waals surface area (Å²) in [4.78, 5) is 28.5. The number of primary amides is 1. The number of carbonyl (C=O) groups is 2. The number of nitrogens with two attached hydrogens (primary N) is 1. The predicted octanol–water partition coefficient (Wildman–Crippen LogP) is 1.84. The largest absolute Gasteiger partial charge is 0.369 e. The van der Waals surface area contributed by atoms with E-state index in [0.717, 1.165) is 17.9 Å². The maximum Gasteiger partial charge on any atom is 0.235 e. The van der Waals surface area contributed by atoms with Crippen molar-refractivity contribution in [2.45, 2.75) is 23.5 Å². The van der Waals surface area contributed by atoms with Crippen molar-refractivity contribution >= 4 is 35.2 Å². The van der Waals surface area contributed by atoms with E-state index in [-0.39, 0.29) is 23.6 Å². The fourth-order valence-corrected chi connectivity index (χ4v) is 3.85.